The molecule has 1 amide bonds. The number of nitrogens with zero attached hydrogens (tertiary/aromatic N) is 3. The average Bonchev–Trinajstić information content (AvgIpc) is 3.51. The van der Waals surface area contributed by atoms with Crippen molar-refractivity contribution in [3.63, 3.8) is 0 Å². The Morgan fingerprint density at radius 3 is 2.55 bits per heavy atom. The van der Waals surface area contributed by atoms with Crippen LogP contribution in [0.25, 0.3) is 16.8 Å². The molecule has 208 valence electrons. The van der Waals surface area contributed by atoms with Crippen molar-refractivity contribution in [3.8, 4) is 11.1 Å². The molecule has 10 heteroatoms. The van der Waals surface area contributed by atoms with E-state index in [-0.39, 0.29) is 18.0 Å². The van der Waals surface area contributed by atoms with Gasteiger partial charge in [-0.05, 0) is 63.6 Å². The molecule has 1 aromatic heterocycles. The first-order valence-corrected chi connectivity index (χ1v) is 14.5. The van der Waals surface area contributed by atoms with Crippen molar-refractivity contribution in [2.75, 3.05) is 26.7 Å². The van der Waals surface area contributed by atoms with Crippen LogP contribution in [-0.4, -0.2) is 65.1 Å². The van der Waals surface area contributed by atoms with Crippen LogP contribution in [0.15, 0.2) is 70.0 Å². The van der Waals surface area contributed by atoms with Crippen molar-refractivity contribution in [3.05, 3.63) is 86.7 Å². The van der Waals surface area contributed by atoms with Crippen LogP contribution in [0.3, 0.4) is 0 Å². The van der Waals surface area contributed by atoms with Gasteiger partial charge in [-0.3, -0.25) is 20.0 Å². The van der Waals surface area contributed by atoms with Gasteiger partial charge in [-0.2, -0.15) is 11.3 Å². The minimum absolute atomic E-state index is 0.0923. The van der Waals surface area contributed by atoms with Gasteiger partial charge in [0, 0.05) is 38.2 Å². The van der Waals surface area contributed by atoms with Gasteiger partial charge in [-0.15, -0.1) is 0 Å². The largest absolute Gasteiger partial charge is 0.388 e. The summed E-state index contributed by atoms with van der Waals surface area (Å²) < 4.78 is 0. The van der Waals surface area contributed by atoms with Gasteiger partial charge in [-0.25, -0.2) is 4.99 Å². The molecule has 0 atom stereocenters. The van der Waals surface area contributed by atoms with Crippen LogP contribution in [0.4, 0.5) is 0 Å². The second-order valence-corrected chi connectivity index (χ2v) is 11.4. The molecule has 2 aromatic carbocycles. The van der Waals surface area contributed by atoms with Gasteiger partial charge >= 0.3 is 0 Å². The van der Waals surface area contributed by atoms with Crippen molar-refractivity contribution in [2.24, 2.45) is 10.7 Å². The van der Waals surface area contributed by atoms with Crippen molar-refractivity contribution < 1.29 is 9.90 Å². The summed E-state index contributed by atoms with van der Waals surface area (Å²) in [7, 11) is 1.74. The quantitative estimate of drug-likeness (QED) is 0.318. The molecule has 3 heterocycles. The summed E-state index contributed by atoms with van der Waals surface area (Å²) in [4.78, 5) is 21.2. The lowest BCUT2D eigenvalue weighted by Gasteiger charge is -2.40. The lowest BCUT2D eigenvalue weighted by atomic mass is 9.90. The standard InChI is InChI=1S/C30H33ClN6O2S/c1-34-27(21-4-2-20(15-32)3-5-21)28-26(33)29(38)37(19-35-28)18-30(39)9-11-36(12-10-30)16-23-7-6-22(14-25(23)31)24-8-13-40-17-24/h2-8,13-14,17,19,33-34,39H,9-12,15-16,18,32H2,1H3/b28-27+,33-26?. The van der Waals surface area contributed by atoms with E-state index < -0.39 is 11.5 Å². The van der Waals surface area contributed by atoms with E-state index in [0.717, 1.165) is 32.8 Å². The number of β-amino-alcohol motifs (C(OH)–C–C–N with tert-alkyl or cyclic N) is 1. The number of rotatable bonds is 8. The summed E-state index contributed by atoms with van der Waals surface area (Å²) in [5.41, 5.74) is 10.4. The van der Waals surface area contributed by atoms with E-state index in [4.69, 9.17) is 22.7 Å². The second-order valence-electron chi connectivity index (χ2n) is 10.2. The third kappa shape index (κ3) is 6.04. The van der Waals surface area contributed by atoms with Crippen LogP contribution < -0.4 is 11.1 Å². The number of hydrogen-bond donors (Lipinski definition) is 4. The number of piperidine rings is 1. The molecule has 0 bridgehead atoms. The predicted octanol–water partition coefficient (Wildman–Crippen LogP) is 4.33. The highest BCUT2D eigenvalue weighted by Crippen LogP contribution is 2.30. The van der Waals surface area contributed by atoms with Crippen molar-refractivity contribution in [2.45, 2.75) is 31.5 Å². The molecule has 40 heavy (non-hydrogen) atoms. The Kier molecular flexibility index (Phi) is 8.48. The highest BCUT2D eigenvalue weighted by Gasteiger charge is 2.38. The number of halogens is 1. The summed E-state index contributed by atoms with van der Waals surface area (Å²) >= 11 is 8.27. The molecule has 0 unspecified atom stereocenters. The number of nitrogens with one attached hydrogen (secondary N) is 2. The molecule has 0 radical (unpaired) electrons. The summed E-state index contributed by atoms with van der Waals surface area (Å²) in [6.45, 7) is 2.56. The van der Waals surface area contributed by atoms with E-state index in [1.165, 1.54) is 11.2 Å². The molecular weight excluding hydrogens is 544 g/mol. The number of aliphatic hydroxyl groups is 1. The molecule has 2 aliphatic heterocycles. The Morgan fingerprint density at radius 1 is 1.18 bits per heavy atom. The van der Waals surface area contributed by atoms with E-state index in [0.29, 0.717) is 44.7 Å². The molecule has 3 aromatic rings. The molecule has 5 N–H and O–H groups in total. The van der Waals surface area contributed by atoms with Crippen molar-refractivity contribution >= 4 is 46.6 Å². The Morgan fingerprint density at radius 2 is 1.93 bits per heavy atom. The van der Waals surface area contributed by atoms with Gasteiger partial charge in [0.1, 0.15) is 11.4 Å². The molecule has 2 aliphatic rings. The van der Waals surface area contributed by atoms with Crippen molar-refractivity contribution in [1.82, 2.24) is 15.1 Å². The van der Waals surface area contributed by atoms with Gasteiger partial charge in [0.2, 0.25) is 0 Å². The number of hydrogen-bond acceptors (Lipinski definition) is 8. The van der Waals surface area contributed by atoms with E-state index >= 15 is 0 Å². The fourth-order valence-corrected chi connectivity index (χ4v) is 6.03. The van der Waals surface area contributed by atoms with Gasteiger partial charge in [-0.1, -0.05) is 48.0 Å². The maximum absolute atomic E-state index is 13.2. The topological polar surface area (TPSA) is 118 Å². The van der Waals surface area contributed by atoms with Gasteiger partial charge in [0.25, 0.3) is 5.91 Å². The number of thiophene rings is 1. The fraction of sp³-hybridized carbons (Fsp3) is 0.300. The number of aliphatic imine (C=N–C) groups is 1. The number of carbonyl (C=O) groups excluding carboxylic acids is 1. The van der Waals surface area contributed by atoms with Crippen molar-refractivity contribution in [1.29, 1.82) is 5.41 Å². The molecule has 0 spiro atoms. The third-order valence-electron chi connectivity index (χ3n) is 7.56. The zero-order valence-electron chi connectivity index (χ0n) is 22.4. The van der Waals surface area contributed by atoms with Gasteiger partial charge < -0.3 is 16.2 Å². The summed E-state index contributed by atoms with van der Waals surface area (Å²) in [5, 5.41) is 27.9. The molecule has 1 fully saturated rings. The lowest BCUT2D eigenvalue weighted by molar-refractivity contribution is -0.124. The Bertz CT molecular complexity index is 1440. The lowest BCUT2D eigenvalue weighted by Crippen LogP contribution is -2.53. The van der Waals surface area contributed by atoms with Gasteiger partial charge in [0.15, 0.2) is 0 Å². The summed E-state index contributed by atoms with van der Waals surface area (Å²) in [6.07, 6.45) is 2.43. The van der Waals surface area contributed by atoms with Crippen LogP contribution in [0.1, 0.15) is 29.5 Å². The smallest absolute Gasteiger partial charge is 0.279 e. The fourth-order valence-electron chi connectivity index (χ4n) is 5.13. The Hall–Kier alpha value is -3.34. The number of amides is 1. The number of carbonyl (C=O) groups is 1. The molecule has 5 rings (SSSR count). The van der Waals surface area contributed by atoms with Crippen LogP contribution in [-0.2, 0) is 17.9 Å². The minimum atomic E-state index is -1.06. The summed E-state index contributed by atoms with van der Waals surface area (Å²) in [5.74, 6) is -0.482. The monoisotopic (exact) mass is 576 g/mol. The predicted molar refractivity (Wildman–Crippen MR) is 162 cm³/mol. The number of benzene rings is 2. The summed E-state index contributed by atoms with van der Waals surface area (Å²) in [6, 6.07) is 15.9. The highest BCUT2D eigenvalue weighted by atomic mass is 35.5. The van der Waals surface area contributed by atoms with Crippen LogP contribution in [0.5, 0.6) is 0 Å². The van der Waals surface area contributed by atoms with Crippen LogP contribution in [0, 0.1) is 5.41 Å². The zero-order chi connectivity index (χ0) is 28.3. The minimum Gasteiger partial charge on any atom is -0.388 e. The van der Waals surface area contributed by atoms with E-state index in [1.54, 1.807) is 18.4 Å². The third-order valence-corrected chi connectivity index (χ3v) is 8.59. The molecule has 0 aliphatic carbocycles. The first-order chi connectivity index (χ1) is 19.3. The van der Waals surface area contributed by atoms with Gasteiger partial charge in [0.05, 0.1) is 24.2 Å². The second kappa shape index (κ2) is 12.0. The zero-order valence-corrected chi connectivity index (χ0v) is 23.9. The van der Waals surface area contributed by atoms with E-state index in [9.17, 15) is 9.90 Å². The molecule has 0 saturated carbocycles. The Labute approximate surface area is 243 Å². The SMILES string of the molecule is CN/C(=C1/N=CN(CC2(O)CCN(Cc3ccc(-c4ccsc4)cc3Cl)CC2)C(=O)C1=N)c1ccc(CN)cc1. The average molecular weight is 577 g/mol. The molecule has 8 nitrogen and oxygen atoms in total. The maximum atomic E-state index is 13.2. The van der Waals surface area contributed by atoms with E-state index in [1.807, 2.05) is 30.3 Å². The van der Waals surface area contributed by atoms with Crippen LogP contribution in [0.2, 0.25) is 5.02 Å². The highest BCUT2D eigenvalue weighted by molar-refractivity contribution is 7.08. The molecule has 1 saturated heterocycles. The Balaban J connectivity index is 1.22. The normalized spacial score (nSPS) is 18.8. The first-order valence-electron chi connectivity index (χ1n) is 13.2. The van der Waals surface area contributed by atoms with Crippen LogP contribution >= 0.6 is 22.9 Å². The first kappa shape index (κ1) is 28.2. The van der Waals surface area contributed by atoms with E-state index in [2.05, 4.69) is 44.2 Å². The number of likely N-dealkylation sites (tertiary alicyclic amines) is 1. The maximum Gasteiger partial charge on any atom is 0.279 e. The molecular formula is C30H33ClN6O2S. The number of nitrogens with two attached hydrogens (primary N) is 1.